The third-order valence-corrected chi connectivity index (χ3v) is 3.41. The number of ether oxygens (including phenoxy) is 1. The molecule has 60 valence electrons. The van der Waals surface area contributed by atoms with Crippen molar-refractivity contribution in [2.75, 3.05) is 0 Å². The van der Waals surface area contributed by atoms with Gasteiger partial charge < -0.3 is 4.74 Å². The fourth-order valence-corrected chi connectivity index (χ4v) is 2.15. The van der Waals surface area contributed by atoms with Crippen LogP contribution < -0.4 is 0 Å². The zero-order valence-corrected chi connectivity index (χ0v) is 6.80. The van der Waals surface area contributed by atoms with Crippen molar-refractivity contribution in [2.45, 2.75) is 20.8 Å². The van der Waals surface area contributed by atoms with E-state index in [1.54, 1.807) is 6.92 Å². The van der Waals surface area contributed by atoms with E-state index >= 15 is 0 Å². The third-order valence-electron chi connectivity index (χ3n) is 3.41. The van der Waals surface area contributed by atoms with Crippen LogP contribution in [0, 0.1) is 16.7 Å². The van der Waals surface area contributed by atoms with Crippen LogP contribution in [0.2, 0.25) is 0 Å². The van der Waals surface area contributed by atoms with Crippen molar-refractivity contribution in [1.29, 1.82) is 0 Å². The van der Waals surface area contributed by atoms with Gasteiger partial charge in [0.25, 0.3) is 0 Å². The van der Waals surface area contributed by atoms with Gasteiger partial charge in [0.15, 0.2) is 0 Å². The van der Waals surface area contributed by atoms with E-state index in [-0.39, 0.29) is 23.3 Å². The van der Waals surface area contributed by atoms with Crippen LogP contribution >= 0.6 is 0 Å². The molecule has 0 N–H and O–H groups in total. The summed E-state index contributed by atoms with van der Waals surface area (Å²) in [6, 6.07) is 0. The van der Waals surface area contributed by atoms with Crippen LogP contribution in [0.1, 0.15) is 20.8 Å². The molecular formula is C8H10O3. The Hall–Kier alpha value is -0.860. The average molecular weight is 154 g/mol. The van der Waals surface area contributed by atoms with Crippen LogP contribution in [0.5, 0.6) is 0 Å². The Labute approximate surface area is 64.7 Å². The molecule has 1 saturated carbocycles. The fourth-order valence-electron chi connectivity index (χ4n) is 2.15. The standard InChI is InChI=1S/C8H10O3/c1-7(2)4-5(9)11-6(10)8(4,7)3/h4H,1-3H3/t4?,8-/m1/s1. The Balaban J connectivity index is 2.46. The molecule has 0 aromatic rings. The molecule has 0 spiro atoms. The lowest BCUT2D eigenvalue weighted by molar-refractivity contribution is -0.159. The Morgan fingerprint density at radius 3 is 2.00 bits per heavy atom. The third kappa shape index (κ3) is 0.451. The monoisotopic (exact) mass is 154 g/mol. The largest absolute Gasteiger partial charge is 0.392 e. The molecule has 2 aliphatic rings. The summed E-state index contributed by atoms with van der Waals surface area (Å²) in [6.07, 6.45) is 0. The first-order valence-corrected chi connectivity index (χ1v) is 3.68. The minimum absolute atomic E-state index is 0.181. The zero-order valence-electron chi connectivity index (χ0n) is 6.80. The zero-order chi connectivity index (χ0) is 8.44. The molecule has 0 amide bonds. The highest BCUT2D eigenvalue weighted by atomic mass is 16.6. The average Bonchev–Trinajstić information content (AvgIpc) is 2.15. The molecule has 2 rings (SSSR count). The maximum absolute atomic E-state index is 11.1. The lowest BCUT2D eigenvalue weighted by Gasteiger charge is -2.10. The van der Waals surface area contributed by atoms with Gasteiger partial charge in [0.05, 0.1) is 11.3 Å². The Morgan fingerprint density at radius 1 is 1.27 bits per heavy atom. The first-order valence-electron chi connectivity index (χ1n) is 3.68. The summed E-state index contributed by atoms with van der Waals surface area (Å²) in [7, 11) is 0. The second-order valence-electron chi connectivity index (χ2n) is 4.07. The normalized spacial score (nSPS) is 45.2. The van der Waals surface area contributed by atoms with Gasteiger partial charge in [-0.1, -0.05) is 13.8 Å². The maximum atomic E-state index is 11.1. The van der Waals surface area contributed by atoms with Crippen molar-refractivity contribution < 1.29 is 14.3 Å². The van der Waals surface area contributed by atoms with Crippen LogP contribution in [0.3, 0.4) is 0 Å². The van der Waals surface area contributed by atoms with Gasteiger partial charge in [-0.15, -0.1) is 0 Å². The number of carbonyl (C=O) groups is 2. The first-order chi connectivity index (χ1) is 4.92. The highest BCUT2D eigenvalue weighted by Crippen LogP contribution is 2.72. The second-order valence-corrected chi connectivity index (χ2v) is 4.07. The molecule has 1 saturated heterocycles. The highest BCUT2D eigenvalue weighted by Gasteiger charge is 2.81. The van der Waals surface area contributed by atoms with Crippen LogP contribution in [-0.4, -0.2) is 11.9 Å². The number of hydrogen-bond acceptors (Lipinski definition) is 3. The van der Waals surface area contributed by atoms with Crippen molar-refractivity contribution in [3.8, 4) is 0 Å². The SMILES string of the molecule is CC1(C)C2C(=O)OC(=O)[C@@]21C. The molecule has 3 heteroatoms. The predicted molar refractivity (Wildman–Crippen MR) is 36.5 cm³/mol. The Bertz CT molecular complexity index is 267. The van der Waals surface area contributed by atoms with Crippen molar-refractivity contribution in [2.24, 2.45) is 16.7 Å². The number of cyclic esters (lactones) is 2. The van der Waals surface area contributed by atoms with E-state index in [1.807, 2.05) is 13.8 Å². The smallest absolute Gasteiger partial charge is 0.320 e. The highest BCUT2D eigenvalue weighted by molar-refractivity contribution is 6.05. The number of rotatable bonds is 0. The van der Waals surface area contributed by atoms with Crippen LogP contribution in [0.25, 0.3) is 0 Å². The van der Waals surface area contributed by atoms with Crippen LogP contribution in [0.4, 0.5) is 0 Å². The summed E-state index contributed by atoms with van der Waals surface area (Å²) in [5.74, 6) is -0.887. The maximum Gasteiger partial charge on any atom is 0.320 e. The lowest BCUT2D eigenvalue weighted by atomic mass is 9.99. The van der Waals surface area contributed by atoms with E-state index in [0.717, 1.165) is 0 Å². The molecule has 0 aromatic heterocycles. The number of hydrogen-bond donors (Lipinski definition) is 0. The molecule has 1 heterocycles. The summed E-state index contributed by atoms with van der Waals surface area (Å²) in [5.41, 5.74) is -0.705. The minimum Gasteiger partial charge on any atom is -0.392 e. The summed E-state index contributed by atoms with van der Waals surface area (Å²) >= 11 is 0. The molecule has 11 heavy (non-hydrogen) atoms. The van der Waals surface area contributed by atoms with Gasteiger partial charge in [0.2, 0.25) is 0 Å². The molecule has 3 nitrogen and oxygen atoms in total. The Kier molecular flexibility index (Phi) is 0.841. The van der Waals surface area contributed by atoms with E-state index in [1.165, 1.54) is 0 Å². The van der Waals surface area contributed by atoms with Crippen molar-refractivity contribution >= 4 is 11.9 Å². The van der Waals surface area contributed by atoms with Gasteiger partial charge in [-0.05, 0) is 12.3 Å². The number of fused-ring (bicyclic) bond motifs is 1. The van der Waals surface area contributed by atoms with Gasteiger partial charge in [-0.25, -0.2) is 0 Å². The summed E-state index contributed by atoms with van der Waals surface area (Å²) in [6.45, 7) is 5.65. The van der Waals surface area contributed by atoms with E-state index in [4.69, 9.17) is 0 Å². The lowest BCUT2D eigenvalue weighted by Crippen LogP contribution is -2.19. The molecule has 1 unspecified atom stereocenters. The van der Waals surface area contributed by atoms with Crippen LogP contribution in [0.15, 0.2) is 0 Å². The van der Waals surface area contributed by atoms with Gasteiger partial charge in [-0.3, -0.25) is 9.59 Å². The fraction of sp³-hybridized carbons (Fsp3) is 0.750. The molecule has 1 aliphatic heterocycles. The van der Waals surface area contributed by atoms with Crippen molar-refractivity contribution in [3.05, 3.63) is 0 Å². The predicted octanol–water partition coefficient (Wildman–Crippen LogP) is 0.732. The molecule has 0 aromatic carbocycles. The summed E-state index contributed by atoms with van der Waals surface area (Å²) in [4.78, 5) is 22.1. The van der Waals surface area contributed by atoms with Crippen LogP contribution in [-0.2, 0) is 14.3 Å². The Morgan fingerprint density at radius 2 is 1.82 bits per heavy atom. The van der Waals surface area contributed by atoms with Crippen molar-refractivity contribution in [3.63, 3.8) is 0 Å². The van der Waals surface area contributed by atoms with Gasteiger partial charge >= 0.3 is 11.9 Å². The molecule has 2 fully saturated rings. The summed E-state index contributed by atoms with van der Waals surface area (Å²) < 4.78 is 4.48. The van der Waals surface area contributed by atoms with Gasteiger partial charge in [-0.2, -0.15) is 0 Å². The van der Waals surface area contributed by atoms with E-state index in [2.05, 4.69) is 4.74 Å². The second kappa shape index (κ2) is 1.36. The molecule has 2 atom stereocenters. The van der Waals surface area contributed by atoms with Gasteiger partial charge in [0, 0.05) is 0 Å². The molecule has 0 radical (unpaired) electrons. The molecule has 0 bridgehead atoms. The number of carbonyl (C=O) groups excluding carboxylic acids is 2. The molecule has 1 aliphatic carbocycles. The number of esters is 2. The van der Waals surface area contributed by atoms with Crippen molar-refractivity contribution in [1.82, 2.24) is 0 Å². The summed E-state index contributed by atoms with van der Waals surface area (Å²) in [5, 5.41) is 0. The topological polar surface area (TPSA) is 43.4 Å². The van der Waals surface area contributed by atoms with E-state index in [0.29, 0.717) is 0 Å². The van der Waals surface area contributed by atoms with E-state index < -0.39 is 5.41 Å². The quantitative estimate of drug-likeness (QED) is 0.381. The van der Waals surface area contributed by atoms with Gasteiger partial charge in [0.1, 0.15) is 0 Å². The first kappa shape index (κ1) is 6.83. The molecular weight excluding hydrogens is 144 g/mol. The van der Waals surface area contributed by atoms with E-state index in [9.17, 15) is 9.59 Å². The minimum atomic E-state index is -0.524.